The lowest BCUT2D eigenvalue weighted by molar-refractivity contribution is -0.115. The highest BCUT2D eigenvalue weighted by molar-refractivity contribution is 5.95. The Morgan fingerprint density at radius 3 is 2.59 bits per heavy atom. The number of pyridine rings is 1. The highest BCUT2D eigenvalue weighted by atomic mass is 16.1. The summed E-state index contributed by atoms with van der Waals surface area (Å²) in [5, 5.41) is 4.08. The molecule has 0 atom stereocenters. The van der Waals surface area contributed by atoms with Gasteiger partial charge < -0.3 is 15.2 Å². The van der Waals surface area contributed by atoms with Crippen molar-refractivity contribution in [3.8, 4) is 0 Å². The zero-order valence-corrected chi connectivity index (χ0v) is 16.4. The second kappa shape index (κ2) is 8.61. The van der Waals surface area contributed by atoms with Gasteiger partial charge in [0.2, 0.25) is 5.91 Å². The Morgan fingerprint density at radius 2 is 1.79 bits per heavy atom. The summed E-state index contributed by atoms with van der Waals surface area (Å²) in [6, 6.07) is 20.1. The van der Waals surface area contributed by atoms with E-state index < -0.39 is 0 Å². The number of anilines is 2. The lowest BCUT2D eigenvalue weighted by Crippen LogP contribution is -2.20. The predicted molar refractivity (Wildman–Crippen MR) is 118 cm³/mol. The molecule has 4 aromatic rings. The van der Waals surface area contributed by atoms with E-state index in [4.69, 9.17) is 0 Å². The number of H-pyrrole nitrogens is 1. The quantitative estimate of drug-likeness (QED) is 0.496. The Morgan fingerprint density at radius 1 is 1.03 bits per heavy atom. The van der Waals surface area contributed by atoms with Crippen molar-refractivity contribution in [3.63, 3.8) is 0 Å². The van der Waals surface area contributed by atoms with Crippen LogP contribution in [0.5, 0.6) is 0 Å². The first kappa shape index (κ1) is 18.7. The van der Waals surface area contributed by atoms with E-state index in [9.17, 15) is 4.79 Å². The standard InChI is InChI=1S/C24H24N4O/c1-28(15-12-18-10-13-25-14-11-18)21-8-6-20(7-9-21)27-24(29)16-19-17-26-23-5-3-2-4-22(19)23/h2-11,13-14,17,26H,12,15-16H2,1H3,(H,27,29). The number of hydrogen-bond acceptors (Lipinski definition) is 3. The maximum absolute atomic E-state index is 12.5. The lowest BCUT2D eigenvalue weighted by atomic mass is 10.1. The fourth-order valence-electron chi connectivity index (χ4n) is 3.43. The molecule has 0 spiro atoms. The van der Waals surface area contributed by atoms with E-state index in [1.165, 1.54) is 5.56 Å². The number of benzene rings is 2. The summed E-state index contributed by atoms with van der Waals surface area (Å²) in [7, 11) is 2.08. The van der Waals surface area contributed by atoms with E-state index >= 15 is 0 Å². The van der Waals surface area contributed by atoms with E-state index in [-0.39, 0.29) is 5.91 Å². The molecule has 2 N–H and O–H groups in total. The van der Waals surface area contributed by atoms with E-state index in [0.29, 0.717) is 6.42 Å². The lowest BCUT2D eigenvalue weighted by Gasteiger charge is -2.19. The summed E-state index contributed by atoms with van der Waals surface area (Å²) in [6.07, 6.45) is 6.86. The molecule has 0 saturated carbocycles. The van der Waals surface area contributed by atoms with Crippen LogP contribution in [0.2, 0.25) is 0 Å². The van der Waals surface area contributed by atoms with Crippen LogP contribution in [0.1, 0.15) is 11.1 Å². The number of nitrogens with zero attached hydrogens (tertiary/aromatic N) is 2. The summed E-state index contributed by atoms with van der Waals surface area (Å²) >= 11 is 0. The number of carbonyl (C=O) groups is 1. The molecule has 0 bridgehead atoms. The SMILES string of the molecule is CN(CCc1ccncc1)c1ccc(NC(=O)Cc2c[nH]c3ccccc23)cc1. The zero-order valence-electron chi connectivity index (χ0n) is 16.4. The van der Waals surface area contributed by atoms with Gasteiger partial charge in [0.15, 0.2) is 0 Å². The number of rotatable bonds is 7. The number of fused-ring (bicyclic) bond motifs is 1. The topological polar surface area (TPSA) is 61.0 Å². The van der Waals surface area contributed by atoms with Crippen LogP contribution in [0.3, 0.4) is 0 Å². The Labute approximate surface area is 170 Å². The number of amides is 1. The molecule has 2 heterocycles. The molecule has 0 fully saturated rings. The van der Waals surface area contributed by atoms with Gasteiger partial charge in [-0.15, -0.1) is 0 Å². The Bertz CT molecular complexity index is 1090. The van der Waals surface area contributed by atoms with Crippen molar-refractivity contribution < 1.29 is 4.79 Å². The van der Waals surface area contributed by atoms with Gasteiger partial charge in [-0.3, -0.25) is 9.78 Å². The maximum atomic E-state index is 12.5. The molecule has 0 saturated heterocycles. The van der Waals surface area contributed by atoms with Gasteiger partial charge in [-0.2, -0.15) is 0 Å². The minimum atomic E-state index is -0.0199. The molecule has 0 aliphatic carbocycles. The summed E-state index contributed by atoms with van der Waals surface area (Å²) in [5.41, 5.74) is 5.25. The van der Waals surface area contributed by atoms with Crippen LogP contribution in [0, 0.1) is 0 Å². The highest BCUT2D eigenvalue weighted by Crippen LogP contribution is 2.20. The molecule has 29 heavy (non-hydrogen) atoms. The summed E-state index contributed by atoms with van der Waals surface area (Å²) in [6.45, 7) is 0.913. The van der Waals surface area contributed by atoms with Crippen LogP contribution in [0.4, 0.5) is 11.4 Å². The van der Waals surface area contributed by atoms with E-state index in [1.807, 2.05) is 79.3 Å². The summed E-state index contributed by atoms with van der Waals surface area (Å²) in [4.78, 5) is 21.9. The summed E-state index contributed by atoms with van der Waals surface area (Å²) in [5.74, 6) is -0.0199. The fraction of sp³-hybridized carbons (Fsp3) is 0.167. The third-order valence-corrected chi connectivity index (χ3v) is 5.10. The monoisotopic (exact) mass is 384 g/mol. The Hall–Kier alpha value is -3.60. The minimum Gasteiger partial charge on any atom is -0.374 e. The molecule has 0 aliphatic rings. The number of aromatic amines is 1. The molecule has 4 rings (SSSR count). The Kier molecular flexibility index (Phi) is 5.56. The average Bonchev–Trinajstić information content (AvgIpc) is 3.16. The molecule has 1 amide bonds. The van der Waals surface area contributed by atoms with Crippen LogP contribution in [-0.2, 0) is 17.6 Å². The summed E-state index contributed by atoms with van der Waals surface area (Å²) < 4.78 is 0. The maximum Gasteiger partial charge on any atom is 0.228 e. The molecule has 2 aromatic heterocycles. The van der Waals surface area contributed by atoms with Gasteiger partial charge in [-0.1, -0.05) is 18.2 Å². The third kappa shape index (κ3) is 4.63. The number of carbonyl (C=O) groups excluding carboxylic acids is 1. The molecule has 5 nitrogen and oxygen atoms in total. The first-order valence-electron chi connectivity index (χ1n) is 9.74. The second-order valence-corrected chi connectivity index (χ2v) is 7.16. The van der Waals surface area contributed by atoms with Crippen molar-refractivity contribution >= 4 is 28.2 Å². The first-order chi connectivity index (χ1) is 14.2. The van der Waals surface area contributed by atoms with Crippen molar-refractivity contribution in [1.29, 1.82) is 0 Å². The minimum absolute atomic E-state index is 0.0199. The largest absolute Gasteiger partial charge is 0.374 e. The molecular formula is C24H24N4O. The second-order valence-electron chi connectivity index (χ2n) is 7.16. The number of aromatic nitrogens is 2. The van der Waals surface area contributed by atoms with E-state index in [2.05, 4.69) is 27.2 Å². The molecule has 146 valence electrons. The van der Waals surface area contributed by atoms with Gasteiger partial charge in [-0.05, 0) is 60.0 Å². The smallest absolute Gasteiger partial charge is 0.228 e. The van der Waals surface area contributed by atoms with Gasteiger partial charge in [0, 0.05) is 54.5 Å². The highest BCUT2D eigenvalue weighted by Gasteiger charge is 2.09. The van der Waals surface area contributed by atoms with E-state index in [0.717, 1.165) is 40.8 Å². The zero-order chi connectivity index (χ0) is 20.1. The van der Waals surface area contributed by atoms with Gasteiger partial charge in [0.05, 0.1) is 6.42 Å². The van der Waals surface area contributed by atoms with Crippen LogP contribution < -0.4 is 10.2 Å². The average molecular weight is 384 g/mol. The fourth-order valence-corrected chi connectivity index (χ4v) is 3.43. The molecular weight excluding hydrogens is 360 g/mol. The first-order valence-corrected chi connectivity index (χ1v) is 9.74. The predicted octanol–water partition coefficient (Wildman–Crippen LogP) is 4.42. The number of nitrogens with one attached hydrogen (secondary N) is 2. The van der Waals surface area contributed by atoms with Gasteiger partial charge in [-0.25, -0.2) is 0 Å². The van der Waals surface area contributed by atoms with Crippen molar-refractivity contribution in [3.05, 3.63) is 90.4 Å². The van der Waals surface area contributed by atoms with Crippen molar-refractivity contribution in [1.82, 2.24) is 9.97 Å². The normalized spacial score (nSPS) is 10.8. The van der Waals surface area contributed by atoms with Crippen molar-refractivity contribution in [2.24, 2.45) is 0 Å². The van der Waals surface area contributed by atoms with Crippen LogP contribution in [0.15, 0.2) is 79.3 Å². The van der Waals surface area contributed by atoms with Gasteiger partial charge >= 0.3 is 0 Å². The van der Waals surface area contributed by atoms with E-state index in [1.54, 1.807) is 0 Å². The number of likely N-dealkylation sites (N-methyl/N-ethyl adjacent to an activating group) is 1. The molecule has 0 radical (unpaired) electrons. The van der Waals surface area contributed by atoms with Crippen LogP contribution in [-0.4, -0.2) is 29.5 Å². The van der Waals surface area contributed by atoms with Crippen molar-refractivity contribution in [2.75, 3.05) is 23.8 Å². The molecule has 2 aromatic carbocycles. The van der Waals surface area contributed by atoms with Crippen LogP contribution in [0.25, 0.3) is 10.9 Å². The third-order valence-electron chi connectivity index (χ3n) is 5.10. The number of hydrogen-bond donors (Lipinski definition) is 2. The van der Waals surface area contributed by atoms with Gasteiger partial charge in [0.1, 0.15) is 0 Å². The van der Waals surface area contributed by atoms with Crippen LogP contribution >= 0.6 is 0 Å². The van der Waals surface area contributed by atoms with Crippen molar-refractivity contribution in [2.45, 2.75) is 12.8 Å². The Balaban J connectivity index is 1.33. The molecule has 0 aliphatic heterocycles. The molecule has 5 heteroatoms. The molecule has 0 unspecified atom stereocenters. The van der Waals surface area contributed by atoms with Gasteiger partial charge in [0.25, 0.3) is 0 Å². The number of para-hydroxylation sites is 1.